The molecule has 128 valence electrons. The van der Waals surface area contributed by atoms with Gasteiger partial charge in [-0.2, -0.15) is 9.61 Å². The summed E-state index contributed by atoms with van der Waals surface area (Å²) >= 11 is 2.97. The molecule has 7 nitrogen and oxygen atoms in total. The zero-order valence-electron chi connectivity index (χ0n) is 13.8. The second kappa shape index (κ2) is 7.89. The number of fused-ring (bicyclic) bond motifs is 1. The Morgan fingerprint density at radius 2 is 2.12 bits per heavy atom. The second-order valence-corrected chi connectivity index (χ2v) is 7.47. The number of rotatable bonds is 8. The highest BCUT2D eigenvalue weighted by atomic mass is 32.2. The third-order valence-electron chi connectivity index (χ3n) is 3.43. The summed E-state index contributed by atoms with van der Waals surface area (Å²) in [5, 5.41) is 13.1. The van der Waals surface area contributed by atoms with Crippen molar-refractivity contribution in [2.75, 3.05) is 0 Å². The summed E-state index contributed by atoms with van der Waals surface area (Å²) in [6.07, 6.45) is 4.99. The molecule has 0 bridgehead atoms. The van der Waals surface area contributed by atoms with Crippen molar-refractivity contribution in [3.8, 4) is 0 Å². The van der Waals surface area contributed by atoms with Crippen LogP contribution in [0.5, 0.6) is 0 Å². The SMILES string of the molecule is CCCCc1nn2c(=O)cc(CSc3n[nH]c(CCC)n3)nc2s1. The quantitative estimate of drug-likeness (QED) is 0.618. The number of aromatic amines is 1. The van der Waals surface area contributed by atoms with Gasteiger partial charge in [0.2, 0.25) is 10.1 Å². The van der Waals surface area contributed by atoms with Crippen molar-refractivity contribution >= 4 is 28.1 Å². The van der Waals surface area contributed by atoms with Crippen LogP contribution < -0.4 is 5.56 Å². The predicted octanol–water partition coefficient (Wildman–Crippen LogP) is 2.86. The van der Waals surface area contributed by atoms with E-state index in [1.54, 1.807) is 6.07 Å². The van der Waals surface area contributed by atoms with E-state index >= 15 is 0 Å². The van der Waals surface area contributed by atoms with Crippen molar-refractivity contribution in [2.45, 2.75) is 56.9 Å². The number of aryl methyl sites for hydroxylation is 2. The molecule has 0 aliphatic rings. The maximum absolute atomic E-state index is 12.2. The molecule has 1 N–H and O–H groups in total. The highest BCUT2D eigenvalue weighted by Crippen LogP contribution is 2.19. The van der Waals surface area contributed by atoms with Gasteiger partial charge in [-0.1, -0.05) is 43.4 Å². The molecule has 3 aromatic rings. The molecule has 0 atom stereocenters. The Labute approximate surface area is 147 Å². The smallest absolute Gasteiger partial charge is 0.267 e. The van der Waals surface area contributed by atoms with Gasteiger partial charge >= 0.3 is 0 Å². The summed E-state index contributed by atoms with van der Waals surface area (Å²) in [7, 11) is 0. The normalized spacial score (nSPS) is 11.4. The molecule has 0 aliphatic heterocycles. The number of hydrogen-bond acceptors (Lipinski definition) is 7. The van der Waals surface area contributed by atoms with Gasteiger partial charge < -0.3 is 0 Å². The lowest BCUT2D eigenvalue weighted by molar-refractivity contribution is 0.761. The Bertz CT molecular complexity index is 868. The molecule has 9 heteroatoms. The number of thioether (sulfide) groups is 1. The summed E-state index contributed by atoms with van der Waals surface area (Å²) in [6.45, 7) is 4.24. The molecule has 0 aromatic carbocycles. The van der Waals surface area contributed by atoms with Gasteiger partial charge in [0.15, 0.2) is 0 Å². The topological polar surface area (TPSA) is 88.8 Å². The first-order valence-electron chi connectivity index (χ1n) is 8.12. The van der Waals surface area contributed by atoms with E-state index in [2.05, 4.69) is 39.1 Å². The molecule has 3 rings (SSSR count). The van der Waals surface area contributed by atoms with Crippen molar-refractivity contribution < 1.29 is 0 Å². The van der Waals surface area contributed by atoms with E-state index < -0.39 is 0 Å². The highest BCUT2D eigenvalue weighted by molar-refractivity contribution is 7.98. The van der Waals surface area contributed by atoms with Gasteiger partial charge in [0.05, 0.1) is 5.69 Å². The van der Waals surface area contributed by atoms with Crippen LogP contribution in [0.3, 0.4) is 0 Å². The molecule has 0 radical (unpaired) electrons. The molecule has 0 saturated heterocycles. The number of nitrogens with one attached hydrogen (secondary N) is 1. The van der Waals surface area contributed by atoms with Crippen LogP contribution in [0.15, 0.2) is 16.0 Å². The van der Waals surface area contributed by atoms with Crippen LogP contribution >= 0.6 is 23.1 Å². The van der Waals surface area contributed by atoms with Gasteiger partial charge in [-0.25, -0.2) is 9.97 Å². The van der Waals surface area contributed by atoms with E-state index in [0.29, 0.717) is 15.9 Å². The van der Waals surface area contributed by atoms with Gasteiger partial charge in [0, 0.05) is 24.7 Å². The minimum absolute atomic E-state index is 0.128. The van der Waals surface area contributed by atoms with Crippen LogP contribution in [0.4, 0.5) is 0 Å². The van der Waals surface area contributed by atoms with Crippen molar-refractivity contribution in [3.05, 3.63) is 32.9 Å². The lowest BCUT2D eigenvalue weighted by Crippen LogP contribution is -2.15. The maximum atomic E-state index is 12.2. The first kappa shape index (κ1) is 17.1. The van der Waals surface area contributed by atoms with E-state index in [4.69, 9.17) is 0 Å². The monoisotopic (exact) mass is 364 g/mol. The summed E-state index contributed by atoms with van der Waals surface area (Å²) in [4.78, 5) is 21.8. The molecule has 3 aromatic heterocycles. The molecule has 3 heterocycles. The average Bonchev–Trinajstić information content (AvgIpc) is 3.18. The van der Waals surface area contributed by atoms with Crippen molar-refractivity contribution in [1.29, 1.82) is 0 Å². The zero-order chi connectivity index (χ0) is 16.9. The van der Waals surface area contributed by atoms with Gasteiger partial charge in [-0.05, 0) is 12.8 Å². The summed E-state index contributed by atoms with van der Waals surface area (Å²) in [6, 6.07) is 1.54. The number of unbranched alkanes of at least 4 members (excludes halogenated alkanes) is 1. The van der Waals surface area contributed by atoms with Gasteiger partial charge in [0.1, 0.15) is 10.8 Å². The molecular formula is C15H20N6OS2. The van der Waals surface area contributed by atoms with Crippen molar-refractivity contribution in [1.82, 2.24) is 29.8 Å². The van der Waals surface area contributed by atoms with E-state index in [0.717, 1.165) is 48.6 Å². The van der Waals surface area contributed by atoms with Gasteiger partial charge in [-0.3, -0.25) is 9.89 Å². The van der Waals surface area contributed by atoms with Crippen LogP contribution in [-0.4, -0.2) is 29.8 Å². The minimum atomic E-state index is -0.128. The molecule has 0 aliphatic carbocycles. The Balaban J connectivity index is 1.73. The lowest BCUT2D eigenvalue weighted by atomic mass is 10.3. The minimum Gasteiger partial charge on any atom is -0.267 e. The van der Waals surface area contributed by atoms with Crippen LogP contribution in [-0.2, 0) is 18.6 Å². The third kappa shape index (κ3) is 4.02. The van der Waals surface area contributed by atoms with E-state index in [9.17, 15) is 4.79 Å². The average molecular weight is 365 g/mol. The standard InChI is InChI=1S/C15H20N6OS2/c1-3-5-7-12-20-21-13(22)8-10(16-15(21)24-12)9-23-14-17-11(6-4-2)18-19-14/h8H,3-7,9H2,1-2H3,(H,17,18,19). The Hall–Kier alpha value is -1.74. The molecule has 0 unspecified atom stereocenters. The fraction of sp³-hybridized carbons (Fsp3) is 0.533. The number of aromatic nitrogens is 6. The predicted molar refractivity (Wildman–Crippen MR) is 95.7 cm³/mol. The first-order chi connectivity index (χ1) is 11.7. The van der Waals surface area contributed by atoms with E-state index in [1.165, 1.54) is 27.6 Å². The maximum Gasteiger partial charge on any atom is 0.275 e. The molecular weight excluding hydrogens is 344 g/mol. The summed E-state index contributed by atoms with van der Waals surface area (Å²) in [5.41, 5.74) is 0.605. The van der Waals surface area contributed by atoms with Crippen LogP contribution in [0.1, 0.15) is 49.6 Å². The van der Waals surface area contributed by atoms with E-state index in [-0.39, 0.29) is 5.56 Å². The molecule has 0 saturated carbocycles. The molecule has 0 amide bonds. The highest BCUT2D eigenvalue weighted by Gasteiger charge is 2.10. The summed E-state index contributed by atoms with van der Waals surface area (Å²) in [5.74, 6) is 1.46. The number of H-pyrrole nitrogens is 1. The Morgan fingerprint density at radius 1 is 1.25 bits per heavy atom. The number of hydrogen-bond donors (Lipinski definition) is 1. The summed E-state index contributed by atoms with van der Waals surface area (Å²) < 4.78 is 1.40. The first-order valence-corrected chi connectivity index (χ1v) is 9.92. The Morgan fingerprint density at radius 3 is 2.92 bits per heavy atom. The largest absolute Gasteiger partial charge is 0.275 e. The van der Waals surface area contributed by atoms with Crippen LogP contribution in [0.2, 0.25) is 0 Å². The van der Waals surface area contributed by atoms with Crippen molar-refractivity contribution in [3.63, 3.8) is 0 Å². The van der Waals surface area contributed by atoms with Gasteiger partial charge in [0.25, 0.3) is 5.56 Å². The van der Waals surface area contributed by atoms with Crippen LogP contribution in [0.25, 0.3) is 4.96 Å². The fourth-order valence-corrected chi connectivity index (χ4v) is 3.90. The third-order valence-corrected chi connectivity index (χ3v) is 5.28. The van der Waals surface area contributed by atoms with Crippen LogP contribution in [0, 0.1) is 0 Å². The molecule has 0 spiro atoms. The fourth-order valence-electron chi connectivity index (χ4n) is 2.23. The lowest BCUT2D eigenvalue weighted by Gasteiger charge is -1.97. The molecule has 24 heavy (non-hydrogen) atoms. The number of nitrogens with zero attached hydrogens (tertiary/aromatic N) is 5. The zero-order valence-corrected chi connectivity index (χ0v) is 15.4. The molecule has 0 fully saturated rings. The van der Waals surface area contributed by atoms with Crippen molar-refractivity contribution in [2.24, 2.45) is 0 Å². The Kier molecular flexibility index (Phi) is 5.62. The van der Waals surface area contributed by atoms with E-state index in [1.807, 2.05) is 0 Å². The second-order valence-electron chi connectivity index (χ2n) is 5.48. The van der Waals surface area contributed by atoms with Gasteiger partial charge in [-0.15, -0.1) is 5.10 Å².